The molecule has 4 nitrogen and oxygen atoms in total. The Kier molecular flexibility index (Phi) is 3.95. The highest BCUT2D eigenvalue weighted by Crippen LogP contribution is 2.25. The molecule has 0 amide bonds. The molecule has 0 aliphatic carbocycles. The summed E-state index contributed by atoms with van der Waals surface area (Å²) < 4.78 is 1.92. The first-order chi connectivity index (χ1) is 8.52. The first-order valence-electron chi connectivity index (χ1n) is 7.03. The van der Waals surface area contributed by atoms with Gasteiger partial charge in [0.15, 0.2) is 0 Å². The summed E-state index contributed by atoms with van der Waals surface area (Å²) in [6, 6.07) is 1.16. The molecular weight excluding hydrogens is 224 g/mol. The standard InChI is InChI=1S/C14H26N4/c1-6-12-7-15-13(10(2)3)8-18(12)14-9-17(5)16-11(14)4/h9-10,12-13,15H,6-8H2,1-5H3. The smallest absolute Gasteiger partial charge is 0.0827 e. The van der Waals surface area contributed by atoms with Gasteiger partial charge in [-0.3, -0.25) is 4.68 Å². The van der Waals surface area contributed by atoms with E-state index < -0.39 is 0 Å². The minimum Gasteiger partial charge on any atom is -0.363 e. The predicted octanol–water partition coefficient (Wildman–Crippen LogP) is 1.94. The Morgan fingerprint density at radius 3 is 2.72 bits per heavy atom. The summed E-state index contributed by atoms with van der Waals surface area (Å²) in [5.41, 5.74) is 2.44. The molecule has 0 aromatic carbocycles. The second kappa shape index (κ2) is 5.31. The summed E-state index contributed by atoms with van der Waals surface area (Å²) in [7, 11) is 2.00. The molecule has 0 radical (unpaired) electrons. The first-order valence-corrected chi connectivity index (χ1v) is 7.03. The highest BCUT2D eigenvalue weighted by molar-refractivity contribution is 5.50. The topological polar surface area (TPSA) is 33.1 Å². The van der Waals surface area contributed by atoms with Gasteiger partial charge in [0.1, 0.15) is 0 Å². The van der Waals surface area contributed by atoms with Crippen molar-refractivity contribution in [3.8, 4) is 0 Å². The second-order valence-electron chi connectivity index (χ2n) is 5.75. The predicted molar refractivity (Wildman–Crippen MR) is 76.0 cm³/mol. The Hall–Kier alpha value is -1.03. The molecule has 2 heterocycles. The Labute approximate surface area is 110 Å². The normalized spacial score (nSPS) is 24.9. The van der Waals surface area contributed by atoms with Gasteiger partial charge in [0.05, 0.1) is 11.4 Å². The van der Waals surface area contributed by atoms with Gasteiger partial charge in [-0.25, -0.2) is 0 Å². The number of piperazine rings is 1. The van der Waals surface area contributed by atoms with Crippen LogP contribution in [0.25, 0.3) is 0 Å². The van der Waals surface area contributed by atoms with Crippen LogP contribution >= 0.6 is 0 Å². The van der Waals surface area contributed by atoms with Crippen molar-refractivity contribution in [1.29, 1.82) is 0 Å². The molecular formula is C14H26N4. The summed E-state index contributed by atoms with van der Waals surface area (Å²) in [4.78, 5) is 2.55. The molecule has 1 N–H and O–H groups in total. The van der Waals surface area contributed by atoms with Crippen molar-refractivity contribution in [2.24, 2.45) is 13.0 Å². The minimum absolute atomic E-state index is 0.576. The lowest BCUT2D eigenvalue weighted by Crippen LogP contribution is -2.58. The van der Waals surface area contributed by atoms with Crippen LogP contribution in [0, 0.1) is 12.8 Å². The van der Waals surface area contributed by atoms with Crippen LogP contribution in [0.2, 0.25) is 0 Å². The van der Waals surface area contributed by atoms with Crippen molar-refractivity contribution in [2.75, 3.05) is 18.0 Å². The van der Waals surface area contributed by atoms with E-state index in [1.54, 1.807) is 0 Å². The lowest BCUT2D eigenvalue weighted by Gasteiger charge is -2.42. The van der Waals surface area contributed by atoms with E-state index in [0.29, 0.717) is 18.0 Å². The van der Waals surface area contributed by atoms with E-state index in [-0.39, 0.29) is 0 Å². The van der Waals surface area contributed by atoms with Crippen LogP contribution in [-0.4, -0.2) is 35.0 Å². The van der Waals surface area contributed by atoms with E-state index in [1.165, 1.54) is 12.1 Å². The zero-order valence-electron chi connectivity index (χ0n) is 12.3. The van der Waals surface area contributed by atoms with Gasteiger partial charge in [-0.1, -0.05) is 20.8 Å². The quantitative estimate of drug-likeness (QED) is 0.890. The molecule has 1 aliphatic rings. The Bertz CT molecular complexity index is 396. The number of aryl methyl sites for hydroxylation is 2. The lowest BCUT2D eigenvalue weighted by molar-refractivity contribution is 0.325. The third-order valence-corrected chi connectivity index (χ3v) is 4.02. The van der Waals surface area contributed by atoms with Crippen LogP contribution in [-0.2, 0) is 7.05 Å². The van der Waals surface area contributed by atoms with Gasteiger partial charge in [0.25, 0.3) is 0 Å². The highest BCUT2D eigenvalue weighted by Gasteiger charge is 2.29. The van der Waals surface area contributed by atoms with Crippen molar-refractivity contribution in [1.82, 2.24) is 15.1 Å². The van der Waals surface area contributed by atoms with E-state index >= 15 is 0 Å². The maximum Gasteiger partial charge on any atom is 0.0827 e. The Morgan fingerprint density at radius 1 is 1.50 bits per heavy atom. The van der Waals surface area contributed by atoms with Gasteiger partial charge < -0.3 is 10.2 Å². The number of aromatic nitrogens is 2. The van der Waals surface area contributed by atoms with Gasteiger partial charge in [-0.2, -0.15) is 5.10 Å². The van der Waals surface area contributed by atoms with Crippen LogP contribution < -0.4 is 10.2 Å². The summed E-state index contributed by atoms with van der Waals surface area (Å²) in [5, 5.41) is 8.16. The van der Waals surface area contributed by atoms with Gasteiger partial charge in [0.2, 0.25) is 0 Å². The van der Waals surface area contributed by atoms with Crippen molar-refractivity contribution in [2.45, 2.75) is 46.2 Å². The summed E-state index contributed by atoms with van der Waals surface area (Å²) in [6.07, 6.45) is 3.33. The molecule has 1 fully saturated rings. The molecule has 102 valence electrons. The van der Waals surface area contributed by atoms with Crippen molar-refractivity contribution < 1.29 is 0 Å². The molecule has 2 unspecified atom stereocenters. The fraction of sp³-hybridized carbons (Fsp3) is 0.786. The highest BCUT2D eigenvalue weighted by atomic mass is 15.3. The SMILES string of the molecule is CCC1CNC(C(C)C)CN1c1cn(C)nc1C. The molecule has 0 bridgehead atoms. The molecule has 2 atom stereocenters. The molecule has 18 heavy (non-hydrogen) atoms. The molecule has 1 saturated heterocycles. The molecule has 2 rings (SSSR count). The lowest BCUT2D eigenvalue weighted by atomic mass is 9.98. The zero-order valence-corrected chi connectivity index (χ0v) is 12.3. The van der Waals surface area contributed by atoms with Gasteiger partial charge in [-0.15, -0.1) is 0 Å². The van der Waals surface area contributed by atoms with E-state index in [0.717, 1.165) is 18.8 Å². The van der Waals surface area contributed by atoms with Crippen LogP contribution in [0.1, 0.15) is 32.9 Å². The summed E-state index contributed by atoms with van der Waals surface area (Å²) in [6.45, 7) is 11.1. The largest absolute Gasteiger partial charge is 0.363 e. The molecule has 4 heteroatoms. The maximum absolute atomic E-state index is 4.48. The number of nitrogens with one attached hydrogen (secondary N) is 1. The second-order valence-corrected chi connectivity index (χ2v) is 5.75. The average Bonchev–Trinajstić information content (AvgIpc) is 2.67. The van der Waals surface area contributed by atoms with Crippen LogP contribution in [0.5, 0.6) is 0 Å². The van der Waals surface area contributed by atoms with E-state index in [1.807, 2.05) is 11.7 Å². The number of nitrogens with zero attached hydrogens (tertiary/aromatic N) is 3. The Balaban J connectivity index is 2.23. The van der Waals surface area contributed by atoms with Crippen molar-refractivity contribution in [3.63, 3.8) is 0 Å². The number of hydrogen-bond donors (Lipinski definition) is 1. The first kappa shape index (κ1) is 13.4. The van der Waals surface area contributed by atoms with Crippen LogP contribution in [0.3, 0.4) is 0 Å². The Morgan fingerprint density at radius 2 is 2.22 bits per heavy atom. The molecule has 0 saturated carbocycles. The van der Waals surface area contributed by atoms with Crippen molar-refractivity contribution >= 4 is 5.69 Å². The fourth-order valence-corrected chi connectivity index (χ4v) is 2.80. The third-order valence-electron chi connectivity index (χ3n) is 4.02. The monoisotopic (exact) mass is 250 g/mol. The number of rotatable bonds is 3. The molecule has 1 aliphatic heterocycles. The fourth-order valence-electron chi connectivity index (χ4n) is 2.80. The van der Waals surface area contributed by atoms with Gasteiger partial charge >= 0.3 is 0 Å². The van der Waals surface area contributed by atoms with E-state index in [2.05, 4.69) is 49.2 Å². The van der Waals surface area contributed by atoms with E-state index in [4.69, 9.17) is 0 Å². The number of hydrogen-bond acceptors (Lipinski definition) is 3. The van der Waals surface area contributed by atoms with Crippen LogP contribution in [0.15, 0.2) is 6.20 Å². The minimum atomic E-state index is 0.576. The average molecular weight is 250 g/mol. The maximum atomic E-state index is 4.48. The molecule has 1 aromatic rings. The van der Waals surface area contributed by atoms with Crippen molar-refractivity contribution in [3.05, 3.63) is 11.9 Å². The summed E-state index contributed by atoms with van der Waals surface area (Å²) in [5.74, 6) is 0.669. The zero-order chi connectivity index (χ0) is 13.3. The van der Waals surface area contributed by atoms with Crippen LogP contribution in [0.4, 0.5) is 5.69 Å². The summed E-state index contributed by atoms with van der Waals surface area (Å²) >= 11 is 0. The molecule has 1 aromatic heterocycles. The number of anilines is 1. The molecule has 0 spiro atoms. The van der Waals surface area contributed by atoms with E-state index in [9.17, 15) is 0 Å². The van der Waals surface area contributed by atoms with Gasteiger partial charge in [-0.05, 0) is 19.3 Å². The third kappa shape index (κ3) is 2.53. The van der Waals surface area contributed by atoms with Gasteiger partial charge in [0, 0.05) is 38.4 Å².